The lowest BCUT2D eigenvalue weighted by molar-refractivity contribution is 0.0960. The first-order chi connectivity index (χ1) is 9.49. The van der Waals surface area contributed by atoms with Gasteiger partial charge >= 0.3 is 0 Å². The van der Waals surface area contributed by atoms with Gasteiger partial charge in [-0.1, -0.05) is 12.1 Å². The summed E-state index contributed by atoms with van der Waals surface area (Å²) < 4.78 is 5.18. The van der Waals surface area contributed by atoms with Crippen LogP contribution in [-0.4, -0.2) is 36.7 Å². The Bertz CT molecular complexity index is 400. The molecule has 1 aromatic rings. The van der Waals surface area contributed by atoms with E-state index in [0.29, 0.717) is 11.6 Å². The number of hydrogen-bond acceptors (Lipinski definition) is 3. The minimum atomic E-state index is 0.307. The molecule has 1 aromatic carbocycles. The highest BCUT2D eigenvalue weighted by Gasteiger charge is 2.26. The number of likely N-dealkylation sites (tertiary alicyclic amines) is 1. The van der Waals surface area contributed by atoms with Gasteiger partial charge in [-0.15, -0.1) is 0 Å². The second kappa shape index (κ2) is 6.59. The molecule has 0 bridgehead atoms. The highest BCUT2D eigenvalue weighted by Crippen LogP contribution is 2.20. The van der Waals surface area contributed by atoms with Crippen LogP contribution in [0.25, 0.3) is 0 Å². The van der Waals surface area contributed by atoms with Crippen molar-refractivity contribution < 1.29 is 4.74 Å². The molecule has 0 aromatic heterocycles. The molecule has 0 atom stereocenters. The third-order valence-electron chi connectivity index (χ3n) is 4.20. The van der Waals surface area contributed by atoms with Gasteiger partial charge in [0.25, 0.3) is 0 Å². The van der Waals surface area contributed by atoms with Gasteiger partial charge in [0.1, 0.15) is 5.75 Å². The van der Waals surface area contributed by atoms with Crippen LogP contribution in [0.15, 0.2) is 24.3 Å². The van der Waals surface area contributed by atoms with Gasteiger partial charge in [0.15, 0.2) is 0 Å². The highest BCUT2D eigenvalue weighted by atomic mass is 16.5. The Balaban J connectivity index is 1.75. The van der Waals surface area contributed by atoms with E-state index in [1.165, 1.54) is 31.5 Å². The van der Waals surface area contributed by atoms with E-state index in [-0.39, 0.29) is 0 Å². The lowest BCUT2D eigenvalue weighted by Crippen LogP contribution is -2.49. The summed E-state index contributed by atoms with van der Waals surface area (Å²) in [5.74, 6) is 0.923. The fourth-order valence-electron chi connectivity index (χ4n) is 2.76. The lowest BCUT2D eigenvalue weighted by Gasteiger charge is -2.41. The Hall–Kier alpha value is -1.06. The third-order valence-corrected chi connectivity index (χ3v) is 4.20. The molecule has 1 fully saturated rings. The maximum atomic E-state index is 5.18. The van der Waals surface area contributed by atoms with Crippen molar-refractivity contribution in [1.29, 1.82) is 0 Å². The molecule has 0 spiro atoms. The summed E-state index contributed by atoms with van der Waals surface area (Å²) in [6.45, 7) is 10.3. The molecule has 0 amide bonds. The second-order valence-corrected chi connectivity index (χ2v) is 6.66. The molecular formula is C17H28N2O. The summed E-state index contributed by atoms with van der Waals surface area (Å²) >= 11 is 0. The Morgan fingerprint density at radius 3 is 2.25 bits per heavy atom. The summed E-state index contributed by atoms with van der Waals surface area (Å²) in [7, 11) is 1.70. The van der Waals surface area contributed by atoms with E-state index in [0.717, 1.165) is 12.3 Å². The van der Waals surface area contributed by atoms with Crippen molar-refractivity contribution in [2.45, 2.75) is 51.7 Å². The fraction of sp³-hybridized carbons (Fsp3) is 0.647. The van der Waals surface area contributed by atoms with Crippen molar-refractivity contribution >= 4 is 0 Å². The first kappa shape index (κ1) is 15.3. The van der Waals surface area contributed by atoms with Crippen molar-refractivity contribution in [2.75, 3.05) is 20.2 Å². The van der Waals surface area contributed by atoms with Gasteiger partial charge in [0, 0.05) is 31.2 Å². The second-order valence-electron chi connectivity index (χ2n) is 6.66. The predicted molar refractivity (Wildman–Crippen MR) is 84.2 cm³/mol. The molecule has 0 unspecified atom stereocenters. The number of hydrogen-bond donors (Lipinski definition) is 1. The normalized spacial score (nSPS) is 18.2. The predicted octanol–water partition coefficient (Wildman–Crippen LogP) is 3.05. The summed E-state index contributed by atoms with van der Waals surface area (Å²) in [4.78, 5) is 2.58. The van der Waals surface area contributed by atoms with Gasteiger partial charge in [-0.2, -0.15) is 0 Å². The van der Waals surface area contributed by atoms with Gasteiger partial charge in [0.05, 0.1) is 7.11 Å². The molecule has 2 rings (SSSR count). The first-order valence-electron chi connectivity index (χ1n) is 7.60. The molecule has 112 valence electrons. The maximum absolute atomic E-state index is 5.18. The highest BCUT2D eigenvalue weighted by molar-refractivity contribution is 5.27. The van der Waals surface area contributed by atoms with E-state index in [1.807, 2.05) is 12.1 Å². The quantitative estimate of drug-likeness (QED) is 0.915. The van der Waals surface area contributed by atoms with Crippen molar-refractivity contribution in [1.82, 2.24) is 10.2 Å². The van der Waals surface area contributed by atoms with Gasteiger partial charge in [0.2, 0.25) is 0 Å². The van der Waals surface area contributed by atoms with Gasteiger partial charge in [-0.3, -0.25) is 4.90 Å². The van der Waals surface area contributed by atoms with Crippen LogP contribution in [0.2, 0.25) is 0 Å². The SMILES string of the molecule is COc1ccc(CNC2CCN(C(C)(C)C)CC2)cc1. The van der Waals surface area contributed by atoms with Gasteiger partial charge in [-0.25, -0.2) is 0 Å². The molecule has 3 nitrogen and oxygen atoms in total. The molecule has 1 aliphatic rings. The van der Waals surface area contributed by atoms with Crippen LogP contribution >= 0.6 is 0 Å². The molecule has 1 saturated heterocycles. The zero-order chi connectivity index (χ0) is 14.6. The third kappa shape index (κ3) is 4.22. The van der Waals surface area contributed by atoms with Crippen LogP contribution < -0.4 is 10.1 Å². The molecule has 1 aliphatic heterocycles. The van der Waals surface area contributed by atoms with E-state index >= 15 is 0 Å². The van der Waals surface area contributed by atoms with E-state index < -0.39 is 0 Å². The van der Waals surface area contributed by atoms with Crippen LogP contribution in [0.3, 0.4) is 0 Å². The fourth-order valence-corrected chi connectivity index (χ4v) is 2.76. The van der Waals surface area contributed by atoms with E-state index in [4.69, 9.17) is 4.74 Å². The van der Waals surface area contributed by atoms with Crippen molar-refractivity contribution in [3.63, 3.8) is 0 Å². The number of piperidine rings is 1. The molecule has 3 heteroatoms. The number of benzene rings is 1. The van der Waals surface area contributed by atoms with E-state index in [9.17, 15) is 0 Å². The Morgan fingerprint density at radius 1 is 1.15 bits per heavy atom. The molecule has 1 N–H and O–H groups in total. The summed E-state index contributed by atoms with van der Waals surface area (Å²) in [6, 6.07) is 8.97. The van der Waals surface area contributed by atoms with Gasteiger partial charge in [-0.05, 0) is 51.3 Å². The summed E-state index contributed by atoms with van der Waals surface area (Å²) in [6.07, 6.45) is 2.49. The number of rotatable bonds is 4. The summed E-state index contributed by atoms with van der Waals surface area (Å²) in [5.41, 5.74) is 1.63. The molecule has 0 aliphatic carbocycles. The zero-order valence-electron chi connectivity index (χ0n) is 13.3. The Kier molecular flexibility index (Phi) is 5.06. The maximum Gasteiger partial charge on any atom is 0.118 e. The van der Waals surface area contributed by atoms with Crippen LogP contribution in [0.1, 0.15) is 39.2 Å². The molecule has 0 radical (unpaired) electrons. The standard InChI is InChI=1S/C17H28N2O/c1-17(2,3)19-11-9-15(10-12-19)18-13-14-5-7-16(20-4)8-6-14/h5-8,15,18H,9-13H2,1-4H3. The lowest BCUT2D eigenvalue weighted by atomic mass is 9.98. The molecule has 1 heterocycles. The average molecular weight is 276 g/mol. The average Bonchev–Trinajstić information content (AvgIpc) is 2.45. The van der Waals surface area contributed by atoms with E-state index in [2.05, 4.69) is 43.1 Å². The minimum Gasteiger partial charge on any atom is -0.497 e. The zero-order valence-corrected chi connectivity index (χ0v) is 13.3. The monoisotopic (exact) mass is 276 g/mol. The smallest absolute Gasteiger partial charge is 0.118 e. The minimum absolute atomic E-state index is 0.307. The van der Waals surface area contributed by atoms with Crippen LogP contribution in [0, 0.1) is 0 Å². The topological polar surface area (TPSA) is 24.5 Å². The van der Waals surface area contributed by atoms with E-state index in [1.54, 1.807) is 7.11 Å². The van der Waals surface area contributed by atoms with Crippen molar-refractivity contribution in [3.05, 3.63) is 29.8 Å². The number of nitrogens with zero attached hydrogens (tertiary/aromatic N) is 1. The van der Waals surface area contributed by atoms with Crippen LogP contribution in [0.5, 0.6) is 5.75 Å². The number of nitrogens with one attached hydrogen (secondary N) is 1. The first-order valence-corrected chi connectivity index (χ1v) is 7.60. The molecule has 0 saturated carbocycles. The molecular weight excluding hydrogens is 248 g/mol. The number of methoxy groups -OCH3 is 1. The van der Waals surface area contributed by atoms with Crippen molar-refractivity contribution in [3.8, 4) is 5.75 Å². The Morgan fingerprint density at radius 2 is 1.75 bits per heavy atom. The van der Waals surface area contributed by atoms with Crippen molar-refractivity contribution in [2.24, 2.45) is 0 Å². The van der Waals surface area contributed by atoms with Crippen LogP contribution in [0.4, 0.5) is 0 Å². The largest absolute Gasteiger partial charge is 0.497 e. The van der Waals surface area contributed by atoms with Gasteiger partial charge < -0.3 is 10.1 Å². The summed E-state index contributed by atoms with van der Waals surface area (Å²) in [5, 5.41) is 3.68. The number of ether oxygens (including phenoxy) is 1. The Labute approximate surface area is 123 Å². The molecule has 20 heavy (non-hydrogen) atoms. The van der Waals surface area contributed by atoms with Crippen LogP contribution in [-0.2, 0) is 6.54 Å².